The van der Waals surface area contributed by atoms with Crippen LogP contribution in [0.1, 0.15) is 23.4 Å². The Kier molecular flexibility index (Phi) is 8.54. The minimum atomic E-state index is -5.26. The maximum Gasteiger partial charge on any atom is 0.433 e. The van der Waals surface area contributed by atoms with Crippen LogP contribution in [0, 0.1) is 6.92 Å². The standard InChI is InChI=1S/C27H20F9N7O3S/c1-15-5-7-17(8-6-15)47(44,45)46-24(27(34,35)36)10-12-43(14-24)23-41-21(18-3-2-4-19(39-18)25(28,29)30)40-22(42-23)38-16-9-11-37-20(13-16)26(31,32)33/h2-9,11,13H,10,12,14H2,1H3,(H,37,38,40,41,42)/t24-/m0/s1. The fourth-order valence-corrected chi connectivity index (χ4v) is 5.66. The summed E-state index contributed by atoms with van der Waals surface area (Å²) in [4.78, 5) is 18.9. The molecule has 1 N–H and O–H groups in total. The van der Waals surface area contributed by atoms with Gasteiger partial charge in [-0.15, -0.1) is 0 Å². The molecule has 0 radical (unpaired) electrons. The molecule has 1 aromatic carbocycles. The first-order valence-electron chi connectivity index (χ1n) is 13.2. The number of aryl methyl sites for hydroxylation is 1. The van der Waals surface area contributed by atoms with Crippen LogP contribution >= 0.6 is 0 Å². The van der Waals surface area contributed by atoms with Crippen LogP contribution in [-0.4, -0.2) is 58.2 Å². The molecule has 0 bridgehead atoms. The Balaban J connectivity index is 1.56. The Labute approximate surface area is 259 Å². The monoisotopic (exact) mass is 693 g/mol. The van der Waals surface area contributed by atoms with Gasteiger partial charge in [0.05, 0.1) is 11.4 Å². The van der Waals surface area contributed by atoms with Crippen LogP contribution in [0.4, 0.5) is 57.1 Å². The number of hydrogen-bond donors (Lipinski definition) is 1. The van der Waals surface area contributed by atoms with Gasteiger partial charge in [-0.25, -0.2) is 9.17 Å². The molecule has 0 amide bonds. The van der Waals surface area contributed by atoms with Crippen molar-refractivity contribution in [2.45, 2.75) is 42.4 Å². The molecule has 0 aliphatic carbocycles. The maximum absolute atomic E-state index is 14.5. The summed E-state index contributed by atoms with van der Waals surface area (Å²) in [5.74, 6) is -1.77. The van der Waals surface area contributed by atoms with E-state index in [9.17, 15) is 47.9 Å². The minimum absolute atomic E-state index is 0.286. The van der Waals surface area contributed by atoms with Crippen LogP contribution in [0.5, 0.6) is 0 Å². The second-order valence-electron chi connectivity index (χ2n) is 10.3. The molecule has 1 fully saturated rings. The van der Waals surface area contributed by atoms with E-state index >= 15 is 0 Å². The van der Waals surface area contributed by atoms with Gasteiger partial charge < -0.3 is 10.2 Å². The number of anilines is 3. The summed E-state index contributed by atoms with van der Waals surface area (Å²) in [5.41, 5.74) is -6.14. The second-order valence-corrected chi connectivity index (χ2v) is 11.8. The molecule has 1 aliphatic heterocycles. The molecule has 1 atom stereocenters. The fourth-order valence-electron chi connectivity index (χ4n) is 4.45. The molecule has 0 saturated carbocycles. The fraction of sp³-hybridized carbons (Fsp3) is 0.296. The van der Waals surface area contributed by atoms with E-state index in [-0.39, 0.29) is 5.69 Å². The van der Waals surface area contributed by atoms with Gasteiger partial charge in [0.1, 0.15) is 17.1 Å². The highest BCUT2D eigenvalue weighted by atomic mass is 32.2. The van der Waals surface area contributed by atoms with Crippen LogP contribution in [0.25, 0.3) is 11.5 Å². The maximum atomic E-state index is 14.5. The molecular weight excluding hydrogens is 673 g/mol. The first kappa shape index (κ1) is 33.8. The summed E-state index contributed by atoms with van der Waals surface area (Å²) in [6.07, 6.45) is -15.2. The van der Waals surface area contributed by atoms with Gasteiger partial charge in [-0.1, -0.05) is 23.8 Å². The Morgan fingerprint density at radius 2 is 1.53 bits per heavy atom. The van der Waals surface area contributed by atoms with E-state index in [4.69, 9.17) is 4.18 Å². The zero-order valence-corrected chi connectivity index (χ0v) is 24.4. The normalized spacial score (nSPS) is 17.6. The highest BCUT2D eigenvalue weighted by Crippen LogP contribution is 2.44. The quantitative estimate of drug-likeness (QED) is 0.174. The molecule has 1 aliphatic rings. The van der Waals surface area contributed by atoms with Crippen LogP contribution < -0.4 is 10.2 Å². The molecule has 250 valence electrons. The molecular formula is C27H20F9N7O3S. The van der Waals surface area contributed by atoms with Crippen molar-refractivity contribution in [3.05, 3.63) is 77.7 Å². The first-order chi connectivity index (χ1) is 21.8. The number of rotatable bonds is 7. The lowest BCUT2D eigenvalue weighted by molar-refractivity contribution is -0.238. The van der Waals surface area contributed by atoms with Gasteiger partial charge in [-0.05, 0) is 43.3 Å². The summed E-state index contributed by atoms with van der Waals surface area (Å²) in [7, 11) is -4.97. The first-order valence-corrected chi connectivity index (χ1v) is 14.6. The van der Waals surface area contributed by atoms with Gasteiger partial charge in [-0.2, -0.15) is 62.9 Å². The van der Waals surface area contributed by atoms with Gasteiger partial charge in [0.25, 0.3) is 10.1 Å². The summed E-state index contributed by atoms with van der Waals surface area (Å²) in [6.45, 7) is -0.114. The van der Waals surface area contributed by atoms with Gasteiger partial charge in [0.15, 0.2) is 5.82 Å². The molecule has 3 aromatic heterocycles. The molecule has 47 heavy (non-hydrogen) atoms. The van der Waals surface area contributed by atoms with Gasteiger partial charge in [-0.3, -0.25) is 4.98 Å². The minimum Gasteiger partial charge on any atom is -0.337 e. The largest absolute Gasteiger partial charge is 0.433 e. The van der Waals surface area contributed by atoms with Gasteiger partial charge in [0.2, 0.25) is 17.5 Å². The van der Waals surface area contributed by atoms with Crippen molar-refractivity contribution in [3.63, 3.8) is 0 Å². The number of benzene rings is 1. The number of pyridine rings is 2. The van der Waals surface area contributed by atoms with Gasteiger partial charge in [0, 0.05) is 24.8 Å². The molecule has 0 spiro atoms. The van der Waals surface area contributed by atoms with E-state index in [1.807, 2.05) is 0 Å². The second kappa shape index (κ2) is 11.9. The van der Waals surface area contributed by atoms with E-state index in [1.54, 1.807) is 6.92 Å². The topological polar surface area (TPSA) is 123 Å². The summed E-state index contributed by atoms with van der Waals surface area (Å²) in [6, 6.07) is 9.19. The Morgan fingerprint density at radius 1 is 0.851 bits per heavy atom. The van der Waals surface area contributed by atoms with E-state index in [2.05, 4.69) is 30.2 Å². The predicted octanol–water partition coefficient (Wildman–Crippen LogP) is 6.33. The van der Waals surface area contributed by atoms with E-state index < -0.39 is 93.5 Å². The number of nitrogens with one attached hydrogen (secondary N) is 1. The van der Waals surface area contributed by atoms with Crippen LogP contribution in [0.15, 0.2) is 65.7 Å². The molecule has 10 nitrogen and oxygen atoms in total. The summed E-state index contributed by atoms with van der Waals surface area (Å²) >= 11 is 0. The molecule has 20 heteroatoms. The third-order valence-corrected chi connectivity index (χ3v) is 8.20. The number of nitrogens with zero attached hydrogens (tertiary/aromatic N) is 6. The van der Waals surface area contributed by atoms with E-state index in [0.717, 1.165) is 41.4 Å². The smallest absolute Gasteiger partial charge is 0.337 e. The Morgan fingerprint density at radius 3 is 2.17 bits per heavy atom. The third kappa shape index (κ3) is 7.37. The number of hydrogen-bond acceptors (Lipinski definition) is 10. The third-order valence-electron chi connectivity index (χ3n) is 6.81. The zero-order chi connectivity index (χ0) is 34.4. The summed E-state index contributed by atoms with van der Waals surface area (Å²) < 4.78 is 154. The van der Waals surface area contributed by atoms with E-state index in [1.165, 1.54) is 12.1 Å². The predicted molar refractivity (Wildman–Crippen MR) is 146 cm³/mol. The summed E-state index contributed by atoms with van der Waals surface area (Å²) in [5, 5.41) is 2.42. The molecule has 5 rings (SSSR count). The highest BCUT2D eigenvalue weighted by Gasteiger charge is 2.62. The number of aromatic nitrogens is 5. The van der Waals surface area contributed by atoms with Crippen molar-refractivity contribution < 1.29 is 52.1 Å². The van der Waals surface area contributed by atoms with Crippen molar-refractivity contribution in [1.82, 2.24) is 24.9 Å². The Bertz CT molecular complexity index is 1890. The molecule has 1 saturated heterocycles. The van der Waals surface area contributed by atoms with Crippen molar-refractivity contribution in [3.8, 4) is 11.5 Å². The molecule has 4 heterocycles. The average molecular weight is 694 g/mol. The van der Waals surface area contributed by atoms with Crippen molar-refractivity contribution in [2.75, 3.05) is 23.3 Å². The Hall–Kier alpha value is -4.59. The molecule has 0 unspecified atom stereocenters. The van der Waals surface area contributed by atoms with Crippen molar-refractivity contribution in [2.24, 2.45) is 0 Å². The highest BCUT2D eigenvalue weighted by molar-refractivity contribution is 7.86. The SMILES string of the molecule is Cc1ccc(S(=O)(=O)O[C@@]2(C(F)(F)F)CCN(c3nc(Nc4ccnc(C(F)(F)F)c4)nc(-c4cccc(C(F)(F)F)n4)n3)C2)cc1. The molecule has 4 aromatic rings. The lowest BCUT2D eigenvalue weighted by atomic mass is 10.0. The van der Waals surface area contributed by atoms with Gasteiger partial charge >= 0.3 is 18.5 Å². The van der Waals surface area contributed by atoms with Crippen molar-refractivity contribution >= 4 is 27.7 Å². The van der Waals surface area contributed by atoms with Crippen molar-refractivity contribution in [1.29, 1.82) is 0 Å². The number of halogens is 9. The number of alkyl halides is 9. The van der Waals surface area contributed by atoms with Crippen LogP contribution in [0.2, 0.25) is 0 Å². The lowest BCUT2D eigenvalue weighted by Crippen LogP contribution is -2.51. The zero-order valence-electron chi connectivity index (χ0n) is 23.6. The average Bonchev–Trinajstić information content (AvgIpc) is 3.42. The van der Waals surface area contributed by atoms with E-state index in [0.29, 0.717) is 17.7 Å². The van der Waals surface area contributed by atoms with Crippen LogP contribution in [0.3, 0.4) is 0 Å². The van der Waals surface area contributed by atoms with Crippen LogP contribution in [-0.2, 0) is 26.7 Å². The lowest BCUT2D eigenvalue weighted by Gasteiger charge is -2.31.